The molecule has 0 heterocycles. The molecule has 0 aromatic heterocycles. The van der Waals surface area contributed by atoms with Crippen LogP contribution in [0.3, 0.4) is 0 Å². The van der Waals surface area contributed by atoms with Crippen molar-refractivity contribution in [2.75, 3.05) is 27.3 Å². The molecule has 0 aliphatic carbocycles. The van der Waals surface area contributed by atoms with Gasteiger partial charge in [-0.1, -0.05) is 49.7 Å². The van der Waals surface area contributed by atoms with Crippen LogP contribution in [0.4, 0.5) is 4.79 Å². The minimum Gasteiger partial charge on any atom is -0.493 e. The molecule has 2 aromatic rings. The fourth-order valence-corrected chi connectivity index (χ4v) is 3.22. The number of rotatable bonds is 8. The van der Waals surface area contributed by atoms with E-state index in [4.69, 9.17) is 21.1 Å². The van der Waals surface area contributed by atoms with Gasteiger partial charge in [-0.3, -0.25) is 0 Å². The molecule has 0 saturated carbocycles. The molecular weight excluding hydrogens is 364 g/mol. The molecule has 0 aliphatic rings. The van der Waals surface area contributed by atoms with Crippen molar-refractivity contribution in [3.05, 3.63) is 58.6 Å². The maximum Gasteiger partial charge on any atom is 0.314 e. The van der Waals surface area contributed by atoms with Crippen LogP contribution in [-0.2, 0) is 11.8 Å². The fourth-order valence-electron chi connectivity index (χ4n) is 2.83. The largest absolute Gasteiger partial charge is 0.493 e. The van der Waals surface area contributed by atoms with Crippen LogP contribution >= 0.6 is 11.6 Å². The zero-order valence-electron chi connectivity index (χ0n) is 16.3. The van der Waals surface area contributed by atoms with Gasteiger partial charge in [0.25, 0.3) is 0 Å². The van der Waals surface area contributed by atoms with Crippen molar-refractivity contribution in [2.24, 2.45) is 0 Å². The highest BCUT2D eigenvalue weighted by molar-refractivity contribution is 6.31. The van der Waals surface area contributed by atoms with Crippen LogP contribution in [0, 0.1) is 0 Å². The summed E-state index contributed by atoms with van der Waals surface area (Å²) in [5, 5.41) is 6.51. The number of urea groups is 1. The average molecular weight is 391 g/mol. The Bertz CT molecular complexity index is 778. The standard InChI is InChI=1S/C21H27ClN2O3/c1-21(2,16-7-5-6-8-17(16)22)14-24-20(25)23-12-11-15-9-10-18(26-3)19(13-15)27-4/h5-10,13H,11-12,14H2,1-4H3,(H2,23,24,25). The van der Waals surface area contributed by atoms with Crippen LogP contribution in [0.2, 0.25) is 5.02 Å². The lowest BCUT2D eigenvalue weighted by molar-refractivity contribution is 0.238. The number of halogens is 1. The third-order valence-corrected chi connectivity index (χ3v) is 4.77. The third-order valence-electron chi connectivity index (χ3n) is 4.44. The third kappa shape index (κ3) is 5.79. The molecule has 2 N–H and O–H groups in total. The fraction of sp³-hybridized carbons (Fsp3) is 0.381. The lowest BCUT2D eigenvalue weighted by Crippen LogP contribution is -2.42. The van der Waals surface area contributed by atoms with Gasteiger partial charge in [0.1, 0.15) is 0 Å². The predicted octanol–water partition coefficient (Wildman–Crippen LogP) is 4.18. The first-order valence-corrected chi connectivity index (χ1v) is 9.23. The molecule has 6 heteroatoms. The monoisotopic (exact) mass is 390 g/mol. The topological polar surface area (TPSA) is 59.6 Å². The van der Waals surface area contributed by atoms with E-state index in [1.807, 2.05) is 42.5 Å². The molecule has 0 atom stereocenters. The first kappa shape index (κ1) is 20.9. The summed E-state index contributed by atoms with van der Waals surface area (Å²) < 4.78 is 10.5. The van der Waals surface area contributed by atoms with E-state index in [-0.39, 0.29) is 11.4 Å². The van der Waals surface area contributed by atoms with E-state index in [9.17, 15) is 4.79 Å². The van der Waals surface area contributed by atoms with Crippen LogP contribution in [0.15, 0.2) is 42.5 Å². The molecule has 2 aromatic carbocycles. The Labute approximate surface area is 166 Å². The van der Waals surface area contributed by atoms with Crippen LogP contribution in [0.5, 0.6) is 11.5 Å². The summed E-state index contributed by atoms with van der Waals surface area (Å²) in [6, 6.07) is 13.2. The van der Waals surface area contributed by atoms with Crippen molar-refractivity contribution in [2.45, 2.75) is 25.7 Å². The summed E-state index contributed by atoms with van der Waals surface area (Å²) in [4.78, 5) is 12.1. The van der Waals surface area contributed by atoms with Crippen molar-refractivity contribution < 1.29 is 14.3 Å². The van der Waals surface area contributed by atoms with E-state index in [2.05, 4.69) is 24.5 Å². The second-order valence-electron chi connectivity index (χ2n) is 6.91. The summed E-state index contributed by atoms with van der Waals surface area (Å²) in [5.74, 6) is 1.37. The van der Waals surface area contributed by atoms with Crippen LogP contribution in [0.25, 0.3) is 0 Å². The number of benzene rings is 2. The highest BCUT2D eigenvalue weighted by Gasteiger charge is 2.23. The molecular formula is C21H27ClN2O3. The van der Waals surface area contributed by atoms with E-state index >= 15 is 0 Å². The van der Waals surface area contributed by atoms with Gasteiger partial charge in [-0.05, 0) is 35.7 Å². The maximum absolute atomic E-state index is 12.1. The second-order valence-corrected chi connectivity index (χ2v) is 7.32. The first-order valence-electron chi connectivity index (χ1n) is 8.85. The normalized spacial score (nSPS) is 11.0. The predicted molar refractivity (Wildman–Crippen MR) is 109 cm³/mol. The Morgan fingerprint density at radius 2 is 1.74 bits per heavy atom. The number of methoxy groups -OCH3 is 2. The molecule has 0 unspecified atom stereocenters. The van der Waals surface area contributed by atoms with E-state index in [0.717, 1.165) is 11.1 Å². The van der Waals surface area contributed by atoms with Crippen molar-refractivity contribution in [1.82, 2.24) is 10.6 Å². The summed E-state index contributed by atoms with van der Waals surface area (Å²) in [6.45, 7) is 5.11. The Balaban J connectivity index is 1.82. The minimum atomic E-state index is -0.265. The second kappa shape index (κ2) is 9.51. The van der Waals surface area contributed by atoms with Crippen LogP contribution in [-0.4, -0.2) is 33.3 Å². The summed E-state index contributed by atoms with van der Waals surface area (Å²) in [7, 11) is 3.21. The van der Waals surface area contributed by atoms with E-state index in [1.165, 1.54) is 0 Å². The zero-order valence-corrected chi connectivity index (χ0v) is 17.0. The molecule has 2 rings (SSSR count). The minimum absolute atomic E-state index is 0.199. The molecule has 0 spiro atoms. The van der Waals surface area contributed by atoms with Gasteiger partial charge in [-0.25, -0.2) is 4.79 Å². The van der Waals surface area contributed by atoms with E-state index in [0.29, 0.717) is 36.0 Å². The van der Waals surface area contributed by atoms with Gasteiger partial charge in [0, 0.05) is 23.5 Å². The van der Waals surface area contributed by atoms with Gasteiger partial charge in [-0.2, -0.15) is 0 Å². The van der Waals surface area contributed by atoms with Gasteiger partial charge in [0.2, 0.25) is 0 Å². The highest BCUT2D eigenvalue weighted by Crippen LogP contribution is 2.29. The maximum atomic E-state index is 12.1. The number of carbonyl (C=O) groups is 1. The molecule has 5 nitrogen and oxygen atoms in total. The molecule has 146 valence electrons. The number of carbonyl (C=O) groups excluding carboxylic acids is 1. The Morgan fingerprint density at radius 1 is 1.04 bits per heavy atom. The number of amides is 2. The molecule has 0 bridgehead atoms. The molecule has 2 amide bonds. The highest BCUT2D eigenvalue weighted by atomic mass is 35.5. The molecule has 27 heavy (non-hydrogen) atoms. The van der Waals surface area contributed by atoms with Gasteiger partial charge in [0.05, 0.1) is 14.2 Å². The number of ether oxygens (including phenoxy) is 2. The summed E-state index contributed by atoms with van der Waals surface area (Å²) in [6.07, 6.45) is 0.696. The van der Waals surface area contributed by atoms with Gasteiger partial charge >= 0.3 is 6.03 Å². The average Bonchev–Trinajstić information content (AvgIpc) is 2.66. The van der Waals surface area contributed by atoms with Crippen molar-refractivity contribution in [1.29, 1.82) is 0 Å². The summed E-state index contributed by atoms with van der Waals surface area (Å²) in [5.41, 5.74) is 1.81. The lowest BCUT2D eigenvalue weighted by Gasteiger charge is -2.26. The van der Waals surface area contributed by atoms with Crippen molar-refractivity contribution in [3.63, 3.8) is 0 Å². The SMILES string of the molecule is COc1ccc(CCNC(=O)NCC(C)(C)c2ccccc2Cl)cc1OC. The van der Waals surface area contributed by atoms with Gasteiger partial charge in [0.15, 0.2) is 11.5 Å². The molecule has 0 radical (unpaired) electrons. The Morgan fingerprint density at radius 3 is 2.41 bits per heavy atom. The van der Waals surface area contributed by atoms with Gasteiger partial charge < -0.3 is 20.1 Å². The van der Waals surface area contributed by atoms with Crippen molar-refractivity contribution in [3.8, 4) is 11.5 Å². The molecule has 0 fully saturated rings. The van der Waals surface area contributed by atoms with Gasteiger partial charge in [-0.15, -0.1) is 0 Å². The Hall–Kier alpha value is -2.40. The Kier molecular flexibility index (Phi) is 7.36. The first-order chi connectivity index (χ1) is 12.9. The number of nitrogens with one attached hydrogen (secondary N) is 2. The van der Waals surface area contributed by atoms with Crippen LogP contribution in [0.1, 0.15) is 25.0 Å². The number of hydrogen-bond acceptors (Lipinski definition) is 3. The smallest absolute Gasteiger partial charge is 0.314 e. The molecule has 0 saturated heterocycles. The van der Waals surface area contributed by atoms with Crippen LogP contribution < -0.4 is 20.1 Å². The quantitative estimate of drug-likeness (QED) is 0.710. The lowest BCUT2D eigenvalue weighted by atomic mass is 9.84. The van der Waals surface area contributed by atoms with E-state index in [1.54, 1.807) is 14.2 Å². The number of hydrogen-bond donors (Lipinski definition) is 2. The summed E-state index contributed by atoms with van der Waals surface area (Å²) >= 11 is 6.27. The zero-order chi connectivity index (χ0) is 19.9. The van der Waals surface area contributed by atoms with Crippen molar-refractivity contribution >= 4 is 17.6 Å². The van der Waals surface area contributed by atoms with E-state index < -0.39 is 0 Å². The molecule has 0 aliphatic heterocycles.